The van der Waals surface area contributed by atoms with Crippen LogP contribution in [0.2, 0.25) is 0 Å². The fourth-order valence-corrected chi connectivity index (χ4v) is 2.85. The summed E-state index contributed by atoms with van der Waals surface area (Å²) in [6, 6.07) is 1.79. The highest BCUT2D eigenvalue weighted by Crippen LogP contribution is 2.19. The van der Waals surface area contributed by atoms with Crippen LogP contribution in [0, 0.1) is 0 Å². The number of rotatable bonds is 4. The average molecular weight is 270 g/mol. The van der Waals surface area contributed by atoms with Crippen molar-refractivity contribution >= 4 is 39.3 Å². The van der Waals surface area contributed by atoms with Crippen molar-refractivity contribution in [3.63, 3.8) is 0 Å². The Morgan fingerprint density at radius 2 is 2.41 bits per heavy atom. The van der Waals surface area contributed by atoms with Crippen LogP contribution in [0.3, 0.4) is 0 Å². The zero-order valence-electron chi connectivity index (χ0n) is 9.04. The molecule has 0 fully saturated rings. The first-order valence-electron chi connectivity index (χ1n) is 4.87. The van der Waals surface area contributed by atoms with Crippen LogP contribution in [0.15, 0.2) is 21.4 Å². The summed E-state index contributed by atoms with van der Waals surface area (Å²) in [7, 11) is 0. The van der Waals surface area contributed by atoms with Gasteiger partial charge in [-0.2, -0.15) is 0 Å². The molecule has 0 bridgehead atoms. The van der Waals surface area contributed by atoms with Crippen molar-refractivity contribution in [1.29, 1.82) is 0 Å². The summed E-state index contributed by atoms with van der Waals surface area (Å²) in [6.45, 7) is 0.158. The fourth-order valence-electron chi connectivity index (χ4n) is 1.48. The van der Waals surface area contributed by atoms with Crippen molar-refractivity contribution in [1.82, 2.24) is 9.55 Å². The average Bonchev–Trinajstić information content (AvgIpc) is 2.75. The molecule has 90 valence electrons. The maximum atomic E-state index is 12.1. The van der Waals surface area contributed by atoms with E-state index in [1.54, 1.807) is 6.07 Å². The van der Waals surface area contributed by atoms with Gasteiger partial charge in [0.1, 0.15) is 4.70 Å². The number of carboxylic acid groups (broad SMARTS) is 1. The summed E-state index contributed by atoms with van der Waals surface area (Å²) in [5.74, 6) is -0.921. The van der Waals surface area contributed by atoms with Gasteiger partial charge in [-0.3, -0.25) is 14.2 Å². The first-order valence-corrected chi connectivity index (χ1v) is 6.97. The van der Waals surface area contributed by atoms with Crippen LogP contribution in [0.5, 0.6) is 0 Å². The van der Waals surface area contributed by atoms with E-state index in [1.165, 1.54) is 27.7 Å². The lowest BCUT2D eigenvalue weighted by Gasteiger charge is -2.08. The zero-order chi connectivity index (χ0) is 12.4. The third-order valence-electron chi connectivity index (χ3n) is 2.26. The van der Waals surface area contributed by atoms with E-state index in [1.807, 2.05) is 11.6 Å². The van der Waals surface area contributed by atoms with E-state index in [-0.39, 0.29) is 18.5 Å². The van der Waals surface area contributed by atoms with Crippen LogP contribution in [0.1, 0.15) is 6.42 Å². The largest absolute Gasteiger partial charge is 0.481 e. The van der Waals surface area contributed by atoms with Crippen molar-refractivity contribution in [2.75, 3.05) is 6.26 Å². The minimum absolute atomic E-state index is 0.0774. The SMILES string of the molecule is CSc1nc2ccsc2c(=O)n1CCC(=O)O. The molecule has 17 heavy (non-hydrogen) atoms. The topological polar surface area (TPSA) is 72.2 Å². The Kier molecular flexibility index (Phi) is 3.49. The number of aliphatic carboxylic acids is 1. The maximum absolute atomic E-state index is 12.1. The van der Waals surface area contributed by atoms with Gasteiger partial charge in [0.05, 0.1) is 11.9 Å². The lowest BCUT2D eigenvalue weighted by atomic mass is 10.4. The third-order valence-corrected chi connectivity index (χ3v) is 3.83. The molecule has 0 radical (unpaired) electrons. The van der Waals surface area contributed by atoms with Crippen molar-refractivity contribution in [2.24, 2.45) is 0 Å². The van der Waals surface area contributed by atoms with E-state index in [4.69, 9.17) is 5.11 Å². The molecule has 0 aliphatic rings. The van der Waals surface area contributed by atoms with E-state index >= 15 is 0 Å². The number of thioether (sulfide) groups is 1. The van der Waals surface area contributed by atoms with Crippen molar-refractivity contribution < 1.29 is 9.90 Å². The van der Waals surface area contributed by atoms with Gasteiger partial charge in [-0.25, -0.2) is 4.98 Å². The number of hydrogen-bond donors (Lipinski definition) is 1. The quantitative estimate of drug-likeness (QED) is 0.675. The second kappa shape index (κ2) is 4.89. The lowest BCUT2D eigenvalue weighted by molar-refractivity contribution is -0.137. The minimum atomic E-state index is -0.921. The number of carbonyl (C=O) groups is 1. The normalized spacial score (nSPS) is 10.9. The van der Waals surface area contributed by atoms with Gasteiger partial charge in [-0.1, -0.05) is 11.8 Å². The molecule has 0 saturated heterocycles. The predicted octanol–water partition coefficient (Wildman–Crippen LogP) is 1.65. The highest BCUT2D eigenvalue weighted by molar-refractivity contribution is 7.98. The van der Waals surface area contributed by atoms with Crippen LogP contribution in [-0.2, 0) is 11.3 Å². The summed E-state index contributed by atoms with van der Waals surface area (Å²) in [5, 5.41) is 11.0. The first kappa shape index (κ1) is 12.1. The van der Waals surface area contributed by atoms with Crippen LogP contribution in [0.25, 0.3) is 10.2 Å². The van der Waals surface area contributed by atoms with Crippen LogP contribution in [0.4, 0.5) is 0 Å². The van der Waals surface area contributed by atoms with Crippen molar-refractivity contribution in [3.05, 3.63) is 21.8 Å². The Hall–Kier alpha value is -1.34. The van der Waals surface area contributed by atoms with Gasteiger partial charge >= 0.3 is 5.97 Å². The van der Waals surface area contributed by atoms with E-state index in [2.05, 4.69) is 4.98 Å². The molecule has 2 aromatic heterocycles. The predicted molar refractivity (Wildman–Crippen MR) is 67.9 cm³/mol. The third kappa shape index (κ3) is 2.34. The molecule has 0 atom stereocenters. The van der Waals surface area contributed by atoms with E-state index in [9.17, 15) is 9.59 Å². The molecule has 0 spiro atoms. The molecule has 2 rings (SSSR count). The van der Waals surface area contributed by atoms with Crippen molar-refractivity contribution in [2.45, 2.75) is 18.1 Å². The van der Waals surface area contributed by atoms with E-state index in [0.29, 0.717) is 15.4 Å². The van der Waals surface area contributed by atoms with Gasteiger partial charge in [-0.15, -0.1) is 11.3 Å². The van der Waals surface area contributed by atoms with Crippen LogP contribution in [-0.4, -0.2) is 26.9 Å². The maximum Gasteiger partial charge on any atom is 0.305 e. The fraction of sp³-hybridized carbons (Fsp3) is 0.300. The molecule has 0 unspecified atom stereocenters. The Labute approximate surface area is 105 Å². The molecule has 0 amide bonds. The zero-order valence-corrected chi connectivity index (χ0v) is 10.7. The Morgan fingerprint density at radius 1 is 1.65 bits per heavy atom. The molecule has 0 saturated carbocycles. The highest BCUT2D eigenvalue weighted by Gasteiger charge is 2.12. The molecular weight excluding hydrogens is 260 g/mol. The number of thiophene rings is 1. The number of carboxylic acids is 1. The number of fused-ring (bicyclic) bond motifs is 1. The van der Waals surface area contributed by atoms with Gasteiger partial charge in [0.25, 0.3) is 5.56 Å². The smallest absolute Gasteiger partial charge is 0.305 e. The Morgan fingerprint density at radius 3 is 3.06 bits per heavy atom. The molecular formula is C10H10N2O3S2. The molecule has 1 N–H and O–H groups in total. The molecule has 2 heterocycles. The molecule has 2 aromatic rings. The number of hydrogen-bond acceptors (Lipinski definition) is 5. The summed E-state index contributed by atoms with van der Waals surface area (Å²) < 4.78 is 2.01. The first-order chi connectivity index (χ1) is 8.13. The summed E-state index contributed by atoms with van der Waals surface area (Å²) in [6.07, 6.45) is 1.74. The summed E-state index contributed by atoms with van der Waals surface area (Å²) in [5.41, 5.74) is 0.520. The molecule has 0 aliphatic heterocycles. The second-order valence-electron chi connectivity index (χ2n) is 3.33. The standard InChI is InChI=1S/C10H10N2O3S2/c1-16-10-11-6-3-5-17-8(6)9(15)12(10)4-2-7(13)14/h3,5H,2,4H2,1H3,(H,13,14). The van der Waals surface area contributed by atoms with E-state index < -0.39 is 5.97 Å². The van der Waals surface area contributed by atoms with Gasteiger partial charge in [0.2, 0.25) is 0 Å². The molecule has 0 aromatic carbocycles. The van der Waals surface area contributed by atoms with Gasteiger partial charge in [0, 0.05) is 6.54 Å². The van der Waals surface area contributed by atoms with Gasteiger partial charge < -0.3 is 5.11 Å². The molecule has 7 heteroatoms. The number of aromatic nitrogens is 2. The molecule has 5 nitrogen and oxygen atoms in total. The summed E-state index contributed by atoms with van der Waals surface area (Å²) >= 11 is 2.67. The summed E-state index contributed by atoms with van der Waals surface area (Å²) in [4.78, 5) is 27.0. The Bertz CT molecular complexity index is 618. The highest BCUT2D eigenvalue weighted by atomic mass is 32.2. The van der Waals surface area contributed by atoms with Gasteiger partial charge in [-0.05, 0) is 17.7 Å². The lowest BCUT2D eigenvalue weighted by Crippen LogP contribution is -2.23. The van der Waals surface area contributed by atoms with Gasteiger partial charge in [0.15, 0.2) is 5.16 Å². The molecule has 0 aliphatic carbocycles. The monoisotopic (exact) mass is 270 g/mol. The number of nitrogens with zero attached hydrogens (tertiary/aromatic N) is 2. The van der Waals surface area contributed by atoms with Crippen molar-refractivity contribution in [3.8, 4) is 0 Å². The Balaban J connectivity index is 2.54. The van der Waals surface area contributed by atoms with Crippen LogP contribution >= 0.6 is 23.1 Å². The minimum Gasteiger partial charge on any atom is -0.481 e. The van der Waals surface area contributed by atoms with E-state index in [0.717, 1.165) is 0 Å². The van der Waals surface area contributed by atoms with Crippen LogP contribution < -0.4 is 5.56 Å². The second-order valence-corrected chi connectivity index (χ2v) is 5.02.